The van der Waals surface area contributed by atoms with E-state index < -0.39 is 0 Å². The molecule has 0 radical (unpaired) electrons. The van der Waals surface area contributed by atoms with Gasteiger partial charge in [-0.2, -0.15) is 0 Å². The van der Waals surface area contributed by atoms with Gasteiger partial charge in [-0.15, -0.1) is 0 Å². The third-order valence-corrected chi connectivity index (χ3v) is 4.84. The van der Waals surface area contributed by atoms with Crippen LogP contribution in [0.3, 0.4) is 0 Å². The van der Waals surface area contributed by atoms with Crippen LogP contribution in [-0.4, -0.2) is 37.3 Å². The Bertz CT molecular complexity index is 380. The lowest BCUT2D eigenvalue weighted by Crippen LogP contribution is -2.41. The fourth-order valence-corrected chi connectivity index (χ4v) is 2.79. The summed E-state index contributed by atoms with van der Waals surface area (Å²) >= 11 is 0. The van der Waals surface area contributed by atoms with Gasteiger partial charge in [-0.25, -0.2) is 0 Å². The van der Waals surface area contributed by atoms with E-state index in [1.54, 1.807) is 0 Å². The molecule has 2 saturated heterocycles. The monoisotopic (exact) mass is 266 g/mol. The molecule has 3 rings (SSSR count). The predicted octanol–water partition coefficient (Wildman–Crippen LogP) is 2.47. The first-order chi connectivity index (χ1) is 8.84. The molecule has 0 bridgehead atoms. The van der Waals surface area contributed by atoms with Crippen LogP contribution in [0.5, 0.6) is 0 Å². The third-order valence-electron chi connectivity index (χ3n) is 4.84. The van der Waals surface area contributed by atoms with Crippen LogP contribution >= 0.6 is 0 Å². The summed E-state index contributed by atoms with van der Waals surface area (Å²) in [5.41, 5.74) is 0.686. The molecule has 0 amide bonds. The molecule has 0 atom stereocenters. The van der Waals surface area contributed by atoms with Crippen molar-refractivity contribution in [1.82, 2.24) is 0 Å². The van der Waals surface area contributed by atoms with Gasteiger partial charge < -0.3 is 18.8 Å². The van der Waals surface area contributed by atoms with Crippen molar-refractivity contribution in [2.24, 2.45) is 0 Å². The van der Waals surface area contributed by atoms with Crippen molar-refractivity contribution in [2.45, 2.75) is 63.9 Å². The second kappa shape index (κ2) is 4.32. The molecule has 1 aliphatic carbocycles. The Balaban J connectivity index is 1.70. The van der Waals surface area contributed by atoms with Crippen molar-refractivity contribution in [1.29, 1.82) is 0 Å². The Morgan fingerprint density at radius 1 is 1.00 bits per heavy atom. The minimum absolute atomic E-state index is 0.219. The summed E-state index contributed by atoms with van der Waals surface area (Å²) in [6, 6.07) is 0. The Morgan fingerprint density at radius 2 is 1.58 bits per heavy atom. The molecule has 0 saturated carbocycles. The van der Waals surface area contributed by atoms with Crippen LogP contribution in [0.4, 0.5) is 0 Å². The average Bonchev–Trinajstić information content (AvgIpc) is 2.84. The summed E-state index contributed by atoms with van der Waals surface area (Å²) in [5, 5.41) is 0. The highest BCUT2D eigenvalue weighted by Crippen LogP contribution is 2.42. The van der Waals surface area contributed by atoms with Crippen molar-refractivity contribution < 1.29 is 18.8 Å². The Kier molecular flexibility index (Phi) is 3.10. The van der Waals surface area contributed by atoms with Gasteiger partial charge in [0.05, 0.1) is 24.4 Å². The third kappa shape index (κ3) is 2.27. The van der Waals surface area contributed by atoms with E-state index in [0.717, 1.165) is 19.3 Å². The molecule has 5 heteroatoms. The number of hydrogen-bond acceptors (Lipinski definition) is 4. The predicted molar refractivity (Wildman–Crippen MR) is 72.7 cm³/mol. The standard InChI is InChI=1S/C14H23BO4/c1-12(2)13(3,4)19-15(18-12)11-5-7-14(8-6-11)16-9-10-17-14/h5H,6-10H2,1-4H3. The number of ether oxygens (including phenoxy) is 2. The lowest BCUT2D eigenvalue weighted by molar-refractivity contribution is -0.161. The van der Waals surface area contributed by atoms with Gasteiger partial charge in [-0.05, 0) is 39.6 Å². The lowest BCUT2D eigenvalue weighted by Gasteiger charge is -2.32. The van der Waals surface area contributed by atoms with Gasteiger partial charge in [0.2, 0.25) is 0 Å². The van der Waals surface area contributed by atoms with E-state index in [2.05, 4.69) is 33.8 Å². The Labute approximate surface area is 115 Å². The van der Waals surface area contributed by atoms with E-state index in [1.165, 1.54) is 5.47 Å². The van der Waals surface area contributed by atoms with E-state index in [0.29, 0.717) is 13.2 Å². The van der Waals surface area contributed by atoms with Crippen molar-refractivity contribution >= 4 is 7.12 Å². The van der Waals surface area contributed by atoms with Crippen molar-refractivity contribution in [3.05, 3.63) is 11.5 Å². The summed E-state index contributed by atoms with van der Waals surface area (Å²) in [7, 11) is -0.219. The second-order valence-electron chi connectivity index (χ2n) is 6.68. The minimum Gasteiger partial charge on any atom is -0.400 e. The van der Waals surface area contributed by atoms with Crippen LogP contribution < -0.4 is 0 Å². The van der Waals surface area contributed by atoms with Gasteiger partial charge in [0.15, 0.2) is 5.79 Å². The topological polar surface area (TPSA) is 36.9 Å². The molecule has 3 aliphatic rings. The van der Waals surface area contributed by atoms with Gasteiger partial charge >= 0.3 is 7.12 Å². The van der Waals surface area contributed by atoms with Gasteiger partial charge in [0, 0.05) is 12.8 Å². The quantitative estimate of drug-likeness (QED) is 0.683. The normalized spacial score (nSPS) is 31.8. The molecule has 4 nitrogen and oxygen atoms in total. The molecule has 0 aromatic heterocycles. The highest BCUT2D eigenvalue weighted by atomic mass is 16.7. The minimum atomic E-state index is -0.368. The van der Waals surface area contributed by atoms with Gasteiger partial charge in [0.25, 0.3) is 0 Å². The summed E-state index contributed by atoms with van der Waals surface area (Å²) in [4.78, 5) is 0. The molecule has 0 aromatic rings. The first-order valence-corrected chi connectivity index (χ1v) is 7.16. The summed E-state index contributed by atoms with van der Waals surface area (Å²) in [6.07, 6.45) is 4.78. The molecule has 0 unspecified atom stereocenters. The number of allylic oxidation sites excluding steroid dienone is 1. The molecule has 2 fully saturated rings. The van der Waals surface area contributed by atoms with Crippen LogP contribution in [0.1, 0.15) is 47.0 Å². The van der Waals surface area contributed by atoms with Crippen molar-refractivity contribution in [3.8, 4) is 0 Å². The maximum absolute atomic E-state index is 6.08. The van der Waals surface area contributed by atoms with Crippen LogP contribution in [0.2, 0.25) is 0 Å². The zero-order valence-corrected chi connectivity index (χ0v) is 12.3. The van der Waals surface area contributed by atoms with E-state index in [4.69, 9.17) is 18.8 Å². The highest BCUT2D eigenvalue weighted by Gasteiger charge is 2.53. The van der Waals surface area contributed by atoms with E-state index in [-0.39, 0.29) is 24.1 Å². The zero-order chi connectivity index (χ0) is 13.7. The molecule has 0 N–H and O–H groups in total. The van der Waals surface area contributed by atoms with Crippen LogP contribution in [-0.2, 0) is 18.8 Å². The van der Waals surface area contributed by atoms with Crippen LogP contribution in [0.25, 0.3) is 0 Å². The van der Waals surface area contributed by atoms with Gasteiger partial charge in [-0.3, -0.25) is 0 Å². The fourth-order valence-electron chi connectivity index (χ4n) is 2.79. The van der Waals surface area contributed by atoms with Crippen molar-refractivity contribution in [3.63, 3.8) is 0 Å². The average molecular weight is 266 g/mol. The maximum Gasteiger partial charge on any atom is 0.490 e. The second-order valence-corrected chi connectivity index (χ2v) is 6.68. The van der Waals surface area contributed by atoms with Gasteiger partial charge in [-0.1, -0.05) is 6.08 Å². The van der Waals surface area contributed by atoms with Crippen LogP contribution in [0.15, 0.2) is 11.5 Å². The number of rotatable bonds is 1. The van der Waals surface area contributed by atoms with Crippen LogP contribution in [0, 0.1) is 0 Å². The summed E-state index contributed by atoms with van der Waals surface area (Å²) < 4.78 is 23.6. The zero-order valence-electron chi connectivity index (χ0n) is 12.3. The molecule has 1 spiro atoms. The molecular formula is C14H23BO4. The number of hydrogen-bond donors (Lipinski definition) is 0. The maximum atomic E-state index is 6.08. The first-order valence-electron chi connectivity index (χ1n) is 7.16. The molecule has 0 aromatic carbocycles. The van der Waals surface area contributed by atoms with Gasteiger partial charge in [0.1, 0.15) is 0 Å². The van der Waals surface area contributed by atoms with E-state index in [9.17, 15) is 0 Å². The smallest absolute Gasteiger partial charge is 0.400 e. The molecular weight excluding hydrogens is 243 g/mol. The molecule has 2 aliphatic heterocycles. The molecule has 19 heavy (non-hydrogen) atoms. The Hall–Kier alpha value is -0.355. The largest absolute Gasteiger partial charge is 0.490 e. The summed E-state index contributed by atoms with van der Waals surface area (Å²) in [6.45, 7) is 9.75. The first kappa shape index (κ1) is 13.6. The van der Waals surface area contributed by atoms with Crippen molar-refractivity contribution in [2.75, 3.05) is 13.2 Å². The Morgan fingerprint density at radius 3 is 2.05 bits per heavy atom. The van der Waals surface area contributed by atoms with E-state index >= 15 is 0 Å². The lowest BCUT2D eigenvalue weighted by atomic mass is 9.71. The summed E-state index contributed by atoms with van der Waals surface area (Å²) in [5.74, 6) is -0.368. The fraction of sp³-hybridized carbons (Fsp3) is 0.857. The van der Waals surface area contributed by atoms with E-state index in [1.807, 2.05) is 0 Å². The molecule has 106 valence electrons. The SMILES string of the molecule is CC1(C)OB(C2=CCC3(CC2)OCCO3)OC1(C)C. The highest BCUT2D eigenvalue weighted by molar-refractivity contribution is 6.54. The molecule has 2 heterocycles.